The fourth-order valence-electron chi connectivity index (χ4n) is 8.25. The molecule has 63 heavy (non-hydrogen) atoms. The number of carbonyl (C=O) groups is 5. The lowest BCUT2D eigenvalue weighted by atomic mass is 9.69. The molecule has 2 aromatic carbocycles. The molecule has 15 nitrogen and oxygen atoms in total. The van der Waals surface area contributed by atoms with E-state index in [1.54, 1.807) is 36.5 Å². The largest absolute Gasteiger partial charge is 0.487 e. The summed E-state index contributed by atoms with van der Waals surface area (Å²) in [4.78, 5) is 74.4. The molecule has 5 N–H and O–H groups in total. The van der Waals surface area contributed by atoms with Crippen LogP contribution in [-0.4, -0.2) is 89.4 Å². The van der Waals surface area contributed by atoms with Crippen molar-refractivity contribution in [3.63, 3.8) is 0 Å². The Bertz CT molecular complexity index is 2260. The molecule has 2 aromatic heterocycles. The molecule has 2 aliphatic heterocycles. The number of amides is 5. The fourth-order valence-corrected chi connectivity index (χ4v) is 8.95. The zero-order chi connectivity index (χ0) is 44.2. The summed E-state index contributed by atoms with van der Waals surface area (Å²) in [5.41, 5.74) is 1.71. The first-order valence-corrected chi connectivity index (χ1v) is 22.7. The Hall–Kier alpha value is -5.49. The van der Waals surface area contributed by atoms with Crippen LogP contribution in [-0.2, 0) is 36.9 Å². The van der Waals surface area contributed by atoms with Crippen LogP contribution in [0, 0.1) is 11.2 Å². The van der Waals surface area contributed by atoms with E-state index in [0.29, 0.717) is 87.6 Å². The van der Waals surface area contributed by atoms with E-state index in [-0.39, 0.29) is 66.3 Å². The maximum atomic E-state index is 14.6. The van der Waals surface area contributed by atoms with Crippen LogP contribution < -0.4 is 31.3 Å². The van der Waals surface area contributed by atoms with Crippen molar-refractivity contribution in [2.45, 2.75) is 89.3 Å². The minimum absolute atomic E-state index is 0.00514. The third kappa shape index (κ3) is 12.0. The quantitative estimate of drug-likeness (QED) is 0.0465. The highest BCUT2D eigenvalue weighted by atomic mass is 35.5. The standard InChI is InChI=1S/C45H52ClFN8O7S/c46-33-9-5-11-36(40(33)47)62-30-15-18-45(19-16-30,27-29-7-3-12-37(51-29)53-44-50-23-26-63-44)43(60)49-21-1-2-24-61-25-6-20-48-22-17-39(57)52-34-10-4-8-31-32(34)28-55(42(31)59)35-13-14-38(56)54-41(35)58/h3-5,7-12,23,26,30,35,48H,1-2,6,13-22,24-25,27-28H2,(H,49,60)(H,52,57)(H,50,51,53)(H,54,56,58). The van der Waals surface area contributed by atoms with Gasteiger partial charge in [0.05, 0.1) is 16.5 Å². The molecule has 1 saturated heterocycles. The Morgan fingerprint density at radius 3 is 2.59 bits per heavy atom. The van der Waals surface area contributed by atoms with Crippen LogP contribution in [0.4, 0.5) is 21.0 Å². The van der Waals surface area contributed by atoms with Gasteiger partial charge in [0, 0.05) is 86.2 Å². The van der Waals surface area contributed by atoms with E-state index in [9.17, 15) is 28.4 Å². The number of nitrogens with zero attached hydrogens (tertiary/aromatic N) is 3. The number of nitrogens with one attached hydrogen (secondary N) is 5. The van der Waals surface area contributed by atoms with Crippen LogP contribution in [0.2, 0.25) is 5.02 Å². The number of hydrogen-bond acceptors (Lipinski definition) is 12. The average molecular weight is 903 g/mol. The van der Waals surface area contributed by atoms with Crippen molar-refractivity contribution in [2.24, 2.45) is 5.41 Å². The fraction of sp³-hybridized carbons (Fsp3) is 0.444. The molecule has 4 aromatic rings. The number of ether oxygens (including phenoxy) is 2. The van der Waals surface area contributed by atoms with Gasteiger partial charge in [0.15, 0.2) is 16.7 Å². The molecule has 2 fully saturated rings. The minimum Gasteiger partial charge on any atom is -0.487 e. The number of rotatable bonds is 21. The number of pyridine rings is 1. The molecule has 18 heteroatoms. The number of carbonyl (C=O) groups excluding carboxylic acids is 5. The van der Waals surface area contributed by atoms with Gasteiger partial charge in [-0.3, -0.25) is 29.3 Å². The smallest absolute Gasteiger partial charge is 0.255 e. The summed E-state index contributed by atoms with van der Waals surface area (Å²) in [6.45, 7) is 2.91. The first-order chi connectivity index (χ1) is 30.6. The van der Waals surface area contributed by atoms with Crippen molar-refractivity contribution in [1.29, 1.82) is 0 Å². The molecule has 0 spiro atoms. The molecule has 1 saturated carbocycles. The molecule has 334 valence electrons. The van der Waals surface area contributed by atoms with Gasteiger partial charge in [-0.05, 0) is 94.3 Å². The van der Waals surface area contributed by atoms with E-state index in [1.165, 1.54) is 22.3 Å². The van der Waals surface area contributed by atoms with E-state index in [2.05, 4.69) is 31.6 Å². The highest BCUT2D eigenvalue weighted by Crippen LogP contribution is 2.41. The first kappa shape index (κ1) is 45.5. The number of unbranched alkanes of at least 4 members (excludes halogenated alkanes) is 1. The Morgan fingerprint density at radius 1 is 0.968 bits per heavy atom. The van der Waals surface area contributed by atoms with Crippen molar-refractivity contribution >= 4 is 69.1 Å². The maximum absolute atomic E-state index is 14.6. The van der Waals surface area contributed by atoms with Crippen LogP contribution in [0.15, 0.2) is 66.2 Å². The van der Waals surface area contributed by atoms with Crippen molar-refractivity contribution in [1.82, 2.24) is 30.8 Å². The second-order valence-electron chi connectivity index (χ2n) is 16.0. The molecule has 4 heterocycles. The van der Waals surface area contributed by atoms with E-state index < -0.39 is 23.2 Å². The van der Waals surface area contributed by atoms with Gasteiger partial charge < -0.3 is 35.6 Å². The van der Waals surface area contributed by atoms with Gasteiger partial charge in [0.2, 0.25) is 23.6 Å². The van der Waals surface area contributed by atoms with Gasteiger partial charge in [0.1, 0.15) is 11.9 Å². The lowest BCUT2D eigenvalue weighted by Gasteiger charge is -2.39. The summed E-state index contributed by atoms with van der Waals surface area (Å²) in [6.07, 6.45) is 7.08. The van der Waals surface area contributed by atoms with Gasteiger partial charge >= 0.3 is 0 Å². The van der Waals surface area contributed by atoms with Gasteiger partial charge in [-0.1, -0.05) is 29.8 Å². The minimum atomic E-state index is -0.725. The molecule has 1 atom stereocenters. The topological polar surface area (TPSA) is 193 Å². The van der Waals surface area contributed by atoms with Gasteiger partial charge in [-0.2, -0.15) is 0 Å². The number of fused-ring (bicyclic) bond motifs is 1. The number of thiazole rings is 1. The average Bonchev–Trinajstić information content (AvgIpc) is 3.91. The monoisotopic (exact) mass is 902 g/mol. The van der Waals surface area contributed by atoms with Crippen LogP contribution in [0.3, 0.4) is 0 Å². The Kier molecular flexibility index (Phi) is 15.7. The van der Waals surface area contributed by atoms with Gasteiger partial charge in [0.25, 0.3) is 5.91 Å². The lowest BCUT2D eigenvalue weighted by Crippen LogP contribution is -2.52. The summed E-state index contributed by atoms with van der Waals surface area (Å²) in [5, 5.41) is 17.5. The predicted molar refractivity (Wildman–Crippen MR) is 236 cm³/mol. The molecule has 0 radical (unpaired) electrons. The van der Waals surface area contributed by atoms with Gasteiger partial charge in [-0.25, -0.2) is 14.4 Å². The molecular formula is C45H52ClFN8O7S. The van der Waals surface area contributed by atoms with Crippen molar-refractivity contribution in [3.8, 4) is 5.75 Å². The van der Waals surface area contributed by atoms with Gasteiger partial charge in [-0.15, -0.1) is 11.3 Å². The number of halogens is 2. The van der Waals surface area contributed by atoms with Crippen molar-refractivity contribution in [3.05, 3.63) is 93.8 Å². The number of benzene rings is 2. The predicted octanol–water partition coefficient (Wildman–Crippen LogP) is 6.31. The first-order valence-electron chi connectivity index (χ1n) is 21.4. The Morgan fingerprint density at radius 2 is 1.78 bits per heavy atom. The van der Waals surface area contributed by atoms with Crippen LogP contribution >= 0.6 is 22.9 Å². The zero-order valence-corrected chi connectivity index (χ0v) is 36.5. The van der Waals surface area contributed by atoms with Crippen molar-refractivity contribution < 1.29 is 37.8 Å². The van der Waals surface area contributed by atoms with E-state index in [1.807, 2.05) is 23.6 Å². The SMILES string of the molecule is O=C1CCC(N2Cc3c(NC(=O)CCNCCCOCCCCNC(=O)C4(Cc5cccc(Nc6nccs6)n5)CCC(Oc5cccc(Cl)c5F)CC4)cccc3C2=O)C(=O)N1. The summed E-state index contributed by atoms with van der Waals surface area (Å²) in [7, 11) is 0. The molecule has 3 aliphatic rings. The number of piperidine rings is 1. The molecule has 5 amide bonds. The Labute approximate surface area is 374 Å². The van der Waals surface area contributed by atoms with E-state index in [0.717, 1.165) is 30.1 Å². The number of aromatic nitrogens is 2. The van der Waals surface area contributed by atoms with E-state index >= 15 is 0 Å². The van der Waals surface area contributed by atoms with Crippen LogP contribution in [0.1, 0.15) is 85.8 Å². The van der Waals surface area contributed by atoms with Crippen LogP contribution in [0.25, 0.3) is 0 Å². The summed E-state index contributed by atoms with van der Waals surface area (Å²) < 4.78 is 26.5. The second-order valence-corrected chi connectivity index (χ2v) is 17.3. The number of imide groups is 1. The normalized spacial score (nSPS) is 19.7. The van der Waals surface area contributed by atoms with Crippen molar-refractivity contribution in [2.75, 3.05) is 43.5 Å². The molecule has 1 aliphatic carbocycles. The second kappa shape index (κ2) is 21.7. The number of hydrogen-bond donors (Lipinski definition) is 5. The Balaban J connectivity index is 0.789. The van der Waals surface area contributed by atoms with E-state index in [4.69, 9.17) is 26.1 Å². The third-order valence-corrected chi connectivity index (χ3v) is 12.6. The molecule has 0 bridgehead atoms. The summed E-state index contributed by atoms with van der Waals surface area (Å²) in [5.74, 6) is -1.16. The van der Waals surface area contributed by atoms with Crippen LogP contribution in [0.5, 0.6) is 5.75 Å². The zero-order valence-electron chi connectivity index (χ0n) is 34.9. The highest BCUT2D eigenvalue weighted by Gasteiger charge is 2.43. The highest BCUT2D eigenvalue weighted by molar-refractivity contribution is 7.13. The molecule has 7 rings (SSSR count). The summed E-state index contributed by atoms with van der Waals surface area (Å²) >= 11 is 7.46. The lowest BCUT2D eigenvalue weighted by molar-refractivity contribution is -0.137. The number of anilines is 3. The summed E-state index contributed by atoms with van der Waals surface area (Å²) in [6, 6.07) is 14.8. The maximum Gasteiger partial charge on any atom is 0.255 e. The molecule has 1 unspecified atom stereocenters. The molecular weight excluding hydrogens is 851 g/mol. The third-order valence-electron chi connectivity index (χ3n) is 11.6.